The van der Waals surface area contributed by atoms with Crippen molar-refractivity contribution in [2.75, 3.05) is 0 Å². The second-order valence-corrected chi connectivity index (χ2v) is 3.08. The highest BCUT2D eigenvalue weighted by molar-refractivity contribution is 4.98. The van der Waals surface area contributed by atoms with Crippen LogP contribution in [-0.4, -0.2) is 0 Å². The van der Waals surface area contributed by atoms with Crippen molar-refractivity contribution in [1.29, 1.82) is 0 Å². The number of hydrogen-bond donors (Lipinski definition) is 0. The minimum Gasteiger partial charge on any atom is -0.0879 e. The van der Waals surface area contributed by atoms with Gasteiger partial charge >= 0.3 is 0 Å². The van der Waals surface area contributed by atoms with Crippen LogP contribution >= 0.6 is 0 Å². The van der Waals surface area contributed by atoms with Crippen LogP contribution in [0.3, 0.4) is 0 Å². The topological polar surface area (TPSA) is 0 Å². The van der Waals surface area contributed by atoms with Gasteiger partial charge in [0.05, 0.1) is 0 Å². The van der Waals surface area contributed by atoms with Crippen LogP contribution in [0, 0.1) is 6.08 Å². The maximum Gasteiger partial charge on any atom is -0.00978 e. The van der Waals surface area contributed by atoms with Gasteiger partial charge in [-0.1, -0.05) is 42.5 Å². The molecule has 0 heteroatoms. The van der Waals surface area contributed by atoms with Gasteiger partial charge in [-0.3, -0.25) is 0 Å². The fraction of sp³-hybridized carbons (Fsp3) is 0.385. The van der Waals surface area contributed by atoms with Crippen LogP contribution in [0.15, 0.2) is 42.5 Å². The maximum absolute atomic E-state index is 3.24. The molecule has 0 atom stereocenters. The standard InChI is InChI=1S/C13H17/c1-2-4-6-8-10-12-13-11-9-7-5-3-1/h1-2,5-7,12-13H,3-4,9-11H2. The van der Waals surface area contributed by atoms with E-state index in [1.54, 1.807) is 0 Å². The second kappa shape index (κ2) is 7.60. The number of hydrogen-bond acceptors (Lipinski definition) is 0. The third-order valence-corrected chi connectivity index (χ3v) is 1.91. The SMILES string of the molecule is [C]1=CCC=CCC=CCCC=CC1. The highest BCUT2D eigenvalue weighted by Gasteiger charge is 1.79. The van der Waals surface area contributed by atoms with E-state index in [1.807, 2.05) is 0 Å². The Morgan fingerprint density at radius 3 is 2.31 bits per heavy atom. The van der Waals surface area contributed by atoms with Crippen LogP contribution in [0.5, 0.6) is 0 Å². The molecule has 0 heterocycles. The number of allylic oxidation sites excluding steroid dienone is 8. The van der Waals surface area contributed by atoms with Crippen LogP contribution in [0.2, 0.25) is 0 Å². The molecule has 0 spiro atoms. The third kappa shape index (κ3) is 6.15. The molecule has 0 nitrogen and oxygen atoms in total. The molecule has 1 aliphatic rings. The summed E-state index contributed by atoms with van der Waals surface area (Å²) in [7, 11) is 0. The van der Waals surface area contributed by atoms with Gasteiger partial charge in [0.25, 0.3) is 0 Å². The fourth-order valence-corrected chi connectivity index (χ4v) is 1.18. The summed E-state index contributed by atoms with van der Waals surface area (Å²) in [5, 5.41) is 0. The molecule has 0 saturated heterocycles. The fourth-order valence-electron chi connectivity index (χ4n) is 1.18. The molecule has 0 fully saturated rings. The van der Waals surface area contributed by atoms with Crippen LogP contribution < -0.4 is 0 Å². The first-order valence-corrected chi connectivity index (χ1v) is 5.00. The Hall–Kier alpha value is -1.04. The van der Waals surface area contributed by atoms with Crippen LogP contribution in [-0.2, 0) is 0 Å². The molecule has 0 saturated carbocycles. The molecule has 0 N–H and O–H groups in total. The molecule has 1 rings (SSSR count). The third-order valence-electron chi connectivity index (χ3n) is 1.91. The van der Waals surface area contributed by atoms with Crippen LogP contribution in [0.25, 0.3) is 0 Å². The minimum atomic E-state index is 0.956. The van der Waals surface area contributed by atoms with E-state index in [9.17, 15) is 0 Å². The van der Waals surface area contributed by atoms with Gasteiger partial charge in [0.1, 0.15) is 0 Å². The molecule has 0 aromatic heterocycles. The molecule has 13 heavy (non-hydrogen) atoms. The summed E-state index contributed by atoms with van der Waals surface area (Å²) in [5.41, 5.74) is 0. The zero-order valence-corrected chi connectivity index (χ0v) is 8.08. The Balaban J connectivity index is 2.38. The first-order chi connectivity index (χ1) is 6.50. The van der Waals surface area contributed by atoms with Crippen molar-refractivity contribution in [3.8, 4) is 0 Å². The lowest BCUT2D eigenvalue weighted by atomic mass is 10.2. The van der Waals surface area contributed by atoms with Crippen LogP contribution in [0.4, 0.5) is 0 Å². The van der Waals surface area contributed by atoms with Crippen LogP contribution in [0.1, 0.15) is 32.1 Å². The minimum absolute atomic E-state index is 0.956. The average Bonchev–Trinajstić information content (AvgIpc) is 2.18. The van der Waals surface area contributed by atoms with Crippen molar-refractivity contribution in [3.63, 3.8) is 0 Å². The van der Waals surface area contributed by atoms with Crippen molar-refractivity contribution in [3.05, 3.63) is 48.6 Å². The largest absolute Gasteiger partial charge is 0.0879 e. The Kier molecular flexibility index (Phi) is 5.87. The van der Waals surface area contributed by atoms with Gasteiger partial charge in [0, 0.05) is 0 Å². The molecular weight excluding hydrogens is 156 g/mol. The lowest BCUT2D eigenvalue weighted by molar-refractivity contribution is 1.04. The van der Waals surface area contributed by atoms with Gasteiger partial charge in [0.2, 0.25) is 0 Å². The summed E-state index contributed by atoms with van der Waals surface area (Å²) in [6, 6.07) is 0. The molecule has 0 aromatic rings. The molecule has 1 radical (unpaired) electrons. The highest BCUT2D eigenvalue weighted by atomic mass is 13.9. The molecule has 0 aromatic carbocycles. The van der Waals surface area contributed by atoms with Crippen molar-refractivity contribution in [2.24, 2.45) is 0 Å². The first-order valence-electron chi connectivity index (χ1n) is 5.00. The van der Waals surface area contributed by atoms with E-state index in [-0.39, 0.29) is 0 Å². The summed E-state index contributed by atoms with van der Waals surface area (Å²) in [4.78, 5) is 0. The van der Waals surface area contributed by atoms with Gasteiger partial charge in [-0.25, -0.2) is 0 Å². The Morgan fingerprint density at radius 2 is 1.38 bits per heavy atom. The van der Waals surface area contributed by atoms with Gasteiger partial charge in [0.15, 0.2) is 0 Å². The zero-order chi connectivity index (χ0) is 9.19. The molecule has 0 unspecified atom stereocenters. The Labute approximate surface area is 81.4 Å². The van der Waals surface area contributed by atoms with Crippen molar-refractivity contribution in [2.45, 2.75) is 32.1 Å². The van der Waals surface area contributed by atoms with E-state index < -0.39 is 0 Å². The maximum atomic E-state index is 3.24. The lowest BCUT2D eigenvalue weighted by Crippen LogP contribution is -1.65. The second-order valence-electron chi connectivity index (χ2n) is 3.08. The molecule has 69 valence electrons. The zero-order valence-electron chi connectivity index (χ0n) is 8.08. The molecule has 0 aliphatic heterocycles. The molecule has 1 aliphatic carbocycles. The number of rotatable bonds is 0. The van der Waals surface area contributed by atoms with Crippen molar-refractivity contribution >= 4 is 0 Å². The lowest BCUT2D eigenvalue weighted by Gasteiger charge is -1.85. The van der Waals surface area contributed by atoms with E-state index in [1.165, 1.54) is 0 Å². The van der Waals surface area contributed by atoms with Gasteiger partial charge in [-0.05, 0) is 38.2 Å². The van der Waals surface area contributed by atoms with Crippen molar-refractivity contribution in [1.82, 2.24) is 0 Å². The van der Waals surface area contributed by atoms with E-state index in [2.05, 4.69) is 48.6 Å². The predicted molar refractivity (Wildman–Crippen MR) is 58.3 cm³/mol. The average molecular weight is 173 g/mol. The van der Waals surface area contributed by atoms with Gasteiger partial charge < -0.3 is 0 Å². The van der Waals surface area contributed by atoms with Gasteiger partial charge in [-0.15, -0.1) is 0 Å². The highest BCUT2D eigenvalue weighted by Crippen LogP contribution is 1.99. The Morgan fingerprint density at radius 1 is 0.692 bits per heavy atom. The summed E-state index contributed by atoms with van der Waals surface area (Å²) < 4.78 is 0. The van der Waals surface area contributed by atoms with Crippen molar-refractivity contribution < 1.29 is 0 Å². The Bertz CT molecular complexity index is 192. The molecular formula is C13H17. The first kappa shape index (κ1) is 10.0. The van der Waals surface area contributed by atoms with E-state index in [0.717, 1.165) is 32.1 Å². The van der Waals surface area contributed by atoms with E-state index in [4.69, 9.17) is 0 Å². The normalized spacial score (nSPS) is 19.1. The predicted octanol–water partition coefficient (Wildman–Crippen LogP) is 3.98. The summed E-state index contributed by atoms with van der Waals surface area (Å²) in [6.07, 6.45) is 24.0. The van der Waals surface area contributed by atoms with E-state index >= 15 is 0 Å². The molecule has 0 amide bonds. The van der Waals surface area contributed by atoms with Gasteiger partial charge in [-0.2, -0.15) is 0 Å². The quantitative estimate of drug-likeness (QED) is 0.486. The molecule has 0 bridgehead atoms. The summed E-state index contributed by atoms with van der Waals surface area (Å²) in [5.74, 6) is 0. The summed E-state index contributed by atoms with van der Waals surface area (Å²) in [6.45, 7) is 0. The monoisotopic (exact) mass is 173 g/mol. The smallest absolute Gasteiger partial charge is 0.00978 e. The van der Waals surface area contributed by atoms with E-state index in [0.29, 0.717) is 0 Å². The summed E-state index contributed by atoms with van der Waals surface area (Å²) >= 11 is 0.